The normalized spacial score (nSPS) is 20.2. The van der Waals surface area contributed by atoms with Crippen LogP contribution in [-0.2, 0) is 17.0 Å². The predicted octanol–water partition coefficient (Wildman–Crippen LogP) is 4.28. The maximum Gasteiger partial charge on any atom is 0.336 e. The molecule has 1 amide bonds. The van der Waals surface area contributed by atoms with E-state index < -0.39 is 0 Å². The number of thioether (sulfide) groups is 1. The maximum atomic E-state index is 12.2. The zero-order chi connectivity index (χ0) is 18.5. The molecule has 1 aliphatic carbocycles. The quantitative estimate of drug-likeness (QED) is 0.768. The highest BCUT2D eigenvalue weighted by atomic mass is 32.2. The number of amides is 1. The number of nitrogens with one attached hydrogen (secondary N) is 1. The molecule has 0 aliphatic heterocycles. The Morgan fingerprint density at radius 3 is 2.85 bits per heavy atom. The zero-order valence-electron chi connectivity index (χ0n) is 15.5. The molecular weight excluding hydrogens is 346 g/mol. The van der Waals surface area contributed by atoms with Crippen LogP contribution >= 0.6 is 11.8 Å². The van der Waals surface area contributed by atoms with Gasteiger partial charge in [-0.25, -0.2) is 4.79 Å². The van der Waals surface area contributed by atoms with Crippen LogP contribution in [0.25, 0.3) is 11.0 Å². The lowest BCUT2D eigenvalue weighted by atomic mass is 9.86. The average Bonchev–Trinajstić information content (AvgIpc) is 2.63. The van der Waals surface area contributed by atoms with Crippen molar-refractivity contribution in [2.24, 2.45) is 5.92 Å². The SMILES string of the molecule is CCc1ccc2c(CSCC(=O)N[C@@H]3CCCC[C@H]3C)cc(=O)oc2c1. The van der Waals surface area contributed by atoms with Crippen LogP contribution < -0.4 is 10.9 Å². The van der Waals surface area contributed by atoms with Crippen molar-refractivity contribution in [1.82, 2.24) is 5.32 Å². The maximum absolute atomic E-state index is 12.2. The Labute approximate surface area is 158 Å². The third-order valence-corrected chi connectivity index (χ3v) is 6.23. The Balaban J connectivity index is 1.61. The standard InChI is InChI=1S/C21H27NO3S/c1-3-15-8-9-17-16(11-21(24)25-19(17)10-15)12-26-13-20(23)22-18-7-5-4-6-14(18)2/h8-11,14,18H,3-7,12-13H2,1-2H3,(H,22,23)/t14-,18-/m1/s1. The van der Waals surface area contributed by atoms with Gasteiger partial charge in [0.2, 0.25) is 5.91 Å². The van der Waals surface area contributed by atoms with E-state index >= 15 is 0 Å². The van der Waals surface area contributed by atoms with Crippen LogP contribution in [0.2, 0.25) is 0 Å². The van der Waals surface area contributed by atoms with Gasteiger partial charge in [-0.1, -0.05) is 38.8 Å². The van der Waals surface area contributed by atoms with E-state index in [1.165, 1.54) is 19.3 Å². The lowest BCUT2D eigenvalue weighted by molar-refractivity contribution is -0.119. The molecule has 0 spiro atoms. The zero-order valence-corrected chi connectivity index (χ0v) is 16.4. The lowest BCUT2D eigenvalue weighted by Gasteiger charge is -2.29. The van der Waals surface area contributed by atoms with Crippen molar-refractivity contribution in [3.05, 3.63) is 45.8 Å². The molecule has 0 radical (unpaired) electrons. The van der Waals surface area contributed by atoms with Crippen molar-refractivity contribution in [3.8, 4) is 0 Å². The summed E-state index contributed by atoms with van der Waals surface area (Å²) < 4.78 is 5.34. The van der Waals surface area contributed by atoms with Crippen LogP contribution in [0.1, 0.15) is 50.7 Å². The third kappa shape index (κ3) is 4.70. The van der Waals surface area contributed by atoms with Gasteiger partial charge in [-0.05, 0) is 42.4 Å². The Morgan fingerprint density at radius 2 is 2.08 bits per heavy atom. The van der Waals surface area contributed by atoms with Crippen molar-refractivity contribution in [2.75, 3.05) is 5.75 Å². The van der Waals surface area contributed by atoms with E-state index in [9.17, 15) is 9.59 Å². The van der Waals surface area contributed by atoms with Gasteiger partial charge >= 0.3 is 5.63 Å². The number of aryl methyl sites for hydroxylation is 1. The molecule has 1 aromatic carbocycles. The predicted molar refractivity (Wildman–Crippen MR) is 108 cm³/mol. The summed E-state index contributed by atoms with van der Waals surface area (Å²) in [6.07, 6.45) is 5.66. The van der Waals surface area contributed by atoms with Crippen LogP contribution in [-0.4, -0.2) is 17.7 Å². The number of carbonyl (C=O) groups is 1. The minimum Gasteiger partial charge on any atom is -0.423 e. The van der Waals surface area contributed by atoms with Crippen LogP contribution in [0.5, 0.6) is 0 Å². The number of benzene rings is 1. The molecule has 1 saturated carbocycles. The molecule has 1 fully saturated rings. The van der Waals surface area contributed by atoms with Crippen LogP contribution in [0.4, 0.5) is 0 Å². The summed E-state index contributed by atoms with van der Waals surface area (Å²) in [4.78, 5) is 24.1. The van der Waals surface area contributed by atoms with Crippen molar-refractivity contribution in [1.29, 1.82) is 0 Å². The lowest BCUT2D eigenvalue weighted by Crippen LogP contribution is -2.41. The van der Waals surface area contributed by atoms with Gasteiger partial charge < -0.3 is 9.73 Å². The fourth-order valence-corrected chi connectivity index (χ4v) is 4.48. The molecule has 2 atom stereocenters. The summed E-state index contributed by atoms with van der Waals surface area (Å²) in [6.45, 7) is 4.29. The highest BCUT2D eigenvalue weighted by Crippen LogP contribution is 2.25. The van der Waals surface area contributed by atoms with Gasteiger partial charge in [0, 0.05) is 23.2 Å². The van der Waals surface area contributed by atoms with Gasteiger partial charge in [0.25, 0.3) is 0 Å². The molecule has 1 aromatic heterocycles. The molecule has 0 unspecified atom stereocenters. The number of carbonyl (C=O) groups excluding carboxylic acids is 1. The monoisotopic (exact) mass is 373 g/mol. The Hall–Kier alpha value is -1.75. The fraction of sp³-hybridized carbons (Fsp3) is 0.524. The first kappa shape index (κ1) is 19.0. The van der Waals surface area contributed by atoms with Gasteiger partial charge in [-0.15, -0.1) is 11.8 Å². The minimum atomic E-state index is -0.332. The molecule has 0 saturated heterocycles. The minimum absolute atomic E-state index is 0.0919. The summed E-state index contributed by atoms with van der Waals surface area (Å²) >= 11 is 1.55. The topological polar surface area (TPSA) is 59.3 Å². The van der Waals surface area contributed by atoms with E-state index in [1.54, 1.807) is 17.8 Å². The highest BCUT2D eigenvalue weighted by molar-refractivity contribution is 7.99. The Morgan fingerprint density at radius 1 is 1.27 bits per heavy atom. The molecule has 4 nitrogen and oxygen atoms in total. The summed E-state index contributed by atoms with van der Waals surface area (Å²) in [5.41, 5.74) is 2.38. The number of hydrogen-bond acceptors (Lipinski definition) is 4. The first-order chi connectivity index (χ1) is 12.6. The molecule has 140 valence electrons. The van der Waals surface area contributed by atoms with E-state index in [0.717, 1.165) is 29.4 Å². The Bertz CT molecular complexity index is 830. The van der Waals surface area contributed by atoms with Crippen molar-refractivity contribution >= 4 is 28.6 Å². The van der Waals surface area contributed by atoms with Crippen molar-refractivity contribution < 1.29 is 9.21 Å². The molecule has 1 heterocycles. The van der Waals surface area contributed by atoms with Crippen LogP contribution in [0.15, 0.2) is 33.5 Å². The van der Waals surface area contributed by atoms with E-state index in [2.05, 4.69) is 25.2 Å². The first-order valence-electron chi connectivity index (χ1n) is 9.49. The molecule has 0 bridgehead atoms. The third-order valence-electron chi connectivity index (χ3n) is 5.25. The van der Waals surface area contributed by atoms with E-state index in [1.807, 2.05) is 12.1 Å². The number of rotatable bonds is 6. The van der Waals surface area contributed by atoms with E-state index in [-0.39, 0.29) is 11.5 Å². The second-order valence-electron chi connectivity index (χ2n) is 7.20. The molecular formula is C21H27NO3S. The second kappa shape index (κ2) is 8.76. The van der Waals surface area contributed by atoms with Crippen LogP contribution in [0.3, 0.4) is 0 Å². The second-order valence-corrected chi connectivity index (χ2v) is 8.19. The molecule has 2 aromatic rings. The molecule has 5 heteroatoms. The number of hydrogen-bond donors (Lipinski definition) is 1. The van der Waals surface area contributed by atoms with E-state index in [4.69, 9.17) is 4.42 Å². The molecule has 3 rings (SSSR count). The summed E-state index contributed by atoms with van der Waals surface area (Å²) in [5.74, 6) is 1.70. The average molecular weight is 374 g/mol. The van der Waals surface area contributed by atoms with Gasteiger partial charge in [0.15, 0.2) is 0 Å². The summed E-state index contributed by atoms with van der Waals surface area (Å²) in [6, 6.07) is 7.86. The summed E-state index contributed by atoms with van der Waals surface area (Å²) in [7, 11) is 0. The van der Waals surface area contributed by atoms with Crippen LogP contribution in [0, 0.1) is 5.92 Å². The Kier molecular flexibility index (Phi) is 6.41. The summed E-state index contributed by atoms with van der Waals surface area (Å²) in [5, 5.41) is 4.13. The van der Waals surface area contributed by atoms with Gasteiger partial charge in [0.1, 0.15) is 5.58 Å². The first-order valence-corrected chi connectivity index (χ1v) is 10.6. The van der Waals surface area contributed by atoms with Gasteiger partial charge in [0.05, 0.1) is 5.75 Å². The molecule has 1 N–H and O–H groups in total. The van der Waals surface area contributed by atoms with Crippen molar-refractivity contribution in [3.63, 3.8) is 0 Å². The van der Waals surface area contributed by atoms with Gasteiger partial charge in [-0.2, -0.15) is 0 Å². The highest BCUT2D eigenvalue weighted by Gasteiger charge is 2.22. The smallest absolute Gasteiger partial charge is 0.336 e. The van der Waals surface area contributed by atoms with Crippen molar-refractivity contribution in [2.45, 2.75) is 57.7 Å². The fourth-order valence-electron chi connectivity index (χ4n) is 3.65. The molecule has 1 aliphatic rings. The molecule has 26 heavy (non-hydrogen) atoms. The number of fused-ring (bicyclic) bond motifs is 1. The largest absolute Gasteiger partial charge is 0.423 e. The van der Waals surface area contributed by atoms with Gasteiger partial charge in [-0.3, -0.25) is 4.79 Å². The van der Waals surface area contributed by atoms with E-state index in [0.29, 0.717) is 29.0 Å².